The largest absolute Gasteiger partial charge is 0.489 e. The first kappa shape index (κ1) is 28.9. The van der Waals surface area contributed by atoms with Gasteiger partial charge in [0.1, 0.15) is 18.1 Å². The molecule has 1 heterocycles. The Labute approximate surface area is 212 Å². The molecule has 36 heavy (non-hydrogen) atoms. The quantitative estimate of drug-likeness (QED) is 0.242. The number of rotatable bonds is 10. The molecular formula is C26H28ClF3N2O4. The Hall–Kier alpha value is -3.30. The van der Waals surface area contributed by atoms with E-state index in [0.717, 1.165) is 6.07 Å². The number of nitrogens with two attached hydrogens (primary N) is 1. The highest BCUT2D eigenvalue weighted by molar-refractivity contribution is 6.31. The lowest BCUT2D eigenvalue weighted by molar-refractivity contribution is -0.274. The number of benzene rings is 1. The van der Waals surface area contributed by atoms with Crippen molar-refractivity contribution in [2.45, 2.75) is 38.5 Å². The number of carbonyl (C=O) groups is 1. The molecule has 0 aliphatic rings. The number of alkyl halides is 3. The Morgan fingerprint density at radius 3 is 2.56 bits per heavy atom. The fraction of sp³-hybridized carbons (Fsp3) is 0.308. The molecule has 0 bridgehead atoms. The van der Waals surface area contributed by atoms with E-state index in [-0.39, 0.29) is 40.8 Å². The van der Waals surface area contributed by atoms with E-state index >= 15 is 0 Å². The number of ether oxygens (including phenoxy) is 2. The van der Waals surface area contributed by atoms with E-state index in [4.69, 9.17) is 26.8 Å². The van der Waals surface area contributed by atoms with Crippen LogP contribution in [0.3, 0.4) is 0 Å². The van der Waals surface area contributed by atoms with E-state index in [2.05, 4.69) is 11.6 Å². The lowest BCUT2D eigenvalue weighted by Gasteiger charge is -2.37. The van der Waals surface area contributed by atoms with Gasteiger partial charge >= 0.3 is 12.1 Å². The third-order valence-corrected chi connectivity index (χ3v) is 5.75. The van der Waals surface area contributed by atoms with E-state index in [1.165, 1.54) is 56.5 Å². The number of nitrogens with zero attached hydrogens (tertiary/aromatic N) is 1. The molecule has 0 aliphatic heterocycles. The topological polar surface area (TPSA) is 94.7 Å². The molecule has 0 aliphatic carbocycles. The van der Waals surface area contributed by atoms with Crippen LogP contribution in [0.5, 0.6) is 5.75 Å². The van der Waals surface area contributed by atoms with Crippen LogP contribution in [-0.4, -0.2) is 35.4 Å². The van der Waals surface area contributed by atoms with Gasteiger partial charge in [-0.05, 0) is 60.9 Å². The smallest absolute Gasteiger partial charge is 0.422 e. The molecule has 0 fully saturated rings. The van der Waals surface area contributed by atoms with Gasteiger partial charge < -0.3 is 20.3 Å². The number of halogens is 4. The fourth-order valence-corrected chi connectivity index (χ4v) is 3.88. The minimum absolute atomic E-state index is 0.0238. The first-order valence-corrected chi connectivity index (χ1v) is 11.3. The van der Waals surface area contributed by atoms with Gasteiger partial charge in [0.2, 0.25) is 0 Å². The molecule has 0 saturated carbocycles. The van der Waals surface area contributed by atoms with Gasteiger partial charge in [-0.3, -0.25) is 4.98 Å². The van der Waals surface area contributed by atoms with Gasteiger partial charge in [0.05, 0.1) is 6.61 Å². The zero-order chi connectivity index (χ0) is 27.1. The zero-order valence-corrected chi connectivity index (χ0v) is 20.9. The van der Waals surface area contributed by atoms with Crippen LogP contribution in [0.4, 0.5) is 13.2 Å². The minimum Gasteiger partial charge on any atom is -0.489 e. The van der Waals surface area contributed by atoms with Crippen LogP contribution in [0.15, 0.2) is 72.6 Å². The van der Waals surface area contributed by atoms with Gasteiger partial charge in [0.25, 0.3) is 0 Å². The molecule has 3 N–H and O–H groups in total. The molecule has 1 aromatic carbocycles. The summed E-state index contributed by atoms with van der Waals surface area (Å²) < 4.78 is 53.0. The number of aliphatic hydroxyl groups is 1. The van der Waals surface area contributed by atoms with E-state index in [9.17, 15) is 23.1 Å². The average molecular weight is 525 g/mol. The Bertz CT molecular complexity index is 1160. The third kappa shape index (κ3) is 6.67. The molecule has 194 valence electrons. The van der Waals surface area contributed by atoms with E-state index in [1.807, 2.05) is 0 Å². The summed E-state index contributed by atoms with van der Waals surface area (Å²) in [6.07, 6.45) is 0.644. The Balaban J connectivity index is 2.32. The first-order chi connectivity index (χ1) is 16.8. The molecule has 2 rings (SSSR count). The number of allylic oxidation sites excluding steroid dienone is 2. The minimum atomic E-state index is -4.99. The van der Waals surface area contributed by atoms with Gasteiger partial charge in [-0.25, -0.2) is 4.79 Å². The van der Waals surface area contributed by atoms with Crippen molar-refractivity contribution in [3.63, 3.8) is 0 Å². The monoisotopic (exact) mass is 524 g/mol. The highest BCUT2D eigenvalue weighted by Crippen LogP contribution is 2.50. The third-order valence-electron chi connectivity index (χ3n) is 5.42. The SMILES string of the molecule is C=C/C=C(\C=C(/N)C(=O)OCC)COc1ccc(C(C)C(O)(c2ccnc(C)c2)C(F)(F)F)c(Cl)c1. The molecule has 0 spiro atoms. The summed E-state index contributed by atoms with van der Waals surface area (Å²) in [5.74, 6) is -1.89. The molecule has 0 saturated heterocycles. The lowest BCUT2D eigenvalue weighted by atomic mass is 9.78. The normalized spacial score (nSPS) is 15.1. The van der Waals surface area contributed by atoms with Gasteiger partial charge in [0.15, 0.2) is 5.60 Å². The number of esters is 1. The van der Waals surface area contributed by atoms with Gasteiger partial charge in [-0.2, -0.15) is 13.2 Å². The number of hydrogen-bond donors (Lipinski definition) is 2. The fourth-order valence-electron chi connectivity index (χ4n) is 3.54. The number of pyridine rings is 1. The van der Waals surface area contributed by atoms with Crippen molar-refractivity contribution in [3.8, 4) is 5.75 Å². The number of hydrogen-bond acceptors (Lipinski definition) is 6. The molecule has 2 atom stereocenters. The van der Waals surface area contributed by atoms with E-state index in [0.29, 0.717) is 11.3 Å². The van der Waals surface area contributed by atoms with Crippen LogP contribution in [0.2, 0.25) is 5.02 Å². The second-order valence-corrected chi connectivity index (χ2v) is 8.35. The zero-order valence-electron chi connectivity index (χ0n) is 20.1. The summed E-state index contributed by atoms with van der Waals surface area (Å²) in [4.78, 5) is 15.7. The summed E-state index contributed by atoms with van der Waals surface area (Å²) >= 11 is 6.34. The molecule has 0 radical (unpaired) electrons. The molecular weight excluding hydrogens is 497 g/mol. The van der Waals surface area contributed by atoms with Gasteiger partial charge in [-0.1, -0.05) is 43.3 Å². The molecule has 0 amide bonds. The van der Waals surface area contributed by atoms with E-state index < -0.39 is 23.7 Å². The van der Waals surface area contributed by atoms with Gasteiger partial charge in [-0.15, -0.1) is 0 Å². The second kappa shape index (κ2) is 12.1. The molecule has 2 unspecified atom stereocenters. The highest BCUT2D eigenvalue weighted by atomic mass is 35.5. The maximum absolute atomic E-state index is 14.2. The van der Waals surface area contributed by atoms with Crippen LogP contribution >= 0.6 is 11.6 Å². The Kier molecular flexibility index (Phi) is 9.72. The standard InChI is InChI=1S/C26H28ClF3N2O4/c1-5-7-18(13-23(31)24(33)35-6-2)15-36-20-8-9-21(22(27)14-20)17(4)25(34,26(28,29)30)19-10-11-32-16(3)12-19/h5,7-14,17,34H,1,6,15,31H2,2-4H3/b18-7+,23-13-. The highest BCUT2D eigenvalue weighted by Gasteiger charge is 2.59. The van der Waals surface area contributed by atoms with Crippen molar-refractivity contribution < 1.29 is 32.5 Å². The van der Waals surface area contributed by atoms with Crippen LogP contribution < -0.4 is 10.5 Å². The number of aromatic nitrogens is 1. The predicted octanol–water partition coefficient (Wildman–Crippen LogP) is 5.49. The van der Waals surface area contributed by atoms with Crippen molar-refractivity contribution in [1.82, 2.24) is 4.98 Å². The molecule has 1 aromatic heterocycles. The number of carbonyl (C=O) groups excluding carboxylic acids is 1. The van der Waals surface area contributed by atoms with Gasteiger partial charge in [0, 0.05) is 22.8 Å². The Morgan fingerprint density at radius 1 is 1.31 bits per heavy atom. The van der Waals surface area contributed by atoms with Crippen molar-refractivity contribution >= 4 is 17.6 Å². The summed E-state index contributed by atoms with van der Waals surface area (Å²) in [7, 11) is 0. The van der Waals surface area contributed by atoms with Crippen LogP contribution in [0.1, 0.15) is 36.6 Å². The summed E-state index contributed by atoms with van der Waals surface area (Å²) in [6.45, 7) is 8.16. The summed E-state index contributed by atoms with van der Waals surface area (Å²) in [5.41, 5.74) is 2.95. The summed E-state index contributed by atoms with van der Waals surface area (Å²) in [5, 5.41) is 10.9. The molecule has 6 nitrogen and oxygen atoms in total. The predicted molar refractivity (Wildman–Crippen MR) is 131 cm³/mol. The van der Waals surface area contributed by atoms with Crippen molar-refractivity contribution in [1.29, 1.82) is 0 Å². The van der Waals surface area contributed by atoms with Crippen LogP contribution in [0.25, 0.3) is 0 Å². The lowest BCUT2D eigenvalue weighted by Crippen LogP contribution is -2.46. The summed E-state index contributed by atoms with van der Waals surface area (Å²) in [6, 6.07) is 6.48. The van der Waals surface area contributed by atoms with Crippen molar-refractivity contribution in [2.24, 2.45) is 5.73 Å². The van der Waals surface area contributed by atoms with Crippen LogP contribution in [-0.2, 0) is 15.1 Å². The molecule has 2 aromatic rings. The maximum atomic E-state index is 14.2. The van der Waals surface area contributed by atoms with Crippen LogP contribution in [0, 0.1) is 6.92 Å². The number of aryl methyl sites for hydroxylation is 1. The first-order valence-electron chi connectivity index (χ1n) is 11.0. The second-order valence-electron chi connectivity index (χ2n) is 7.94. The average Bonchev–Trinajstić information content (AvgIpc) is 2.81. The van der Waals surface area contributed by atoms with E-state index in [1.54, 1.807) is 13.0 Å². The van der Waals surface area contributed by atoms with Crippen molar-refractivity contribution in [2.75, 3.05) is 13.2 Å². The van der Waals surface area contributed by atoms with Crippen molar-refractivity contribution in [3.05, 3.63) is 94.4 Å². The Morgan fingerprint density at radius 2 is 2.00 bits per heavy atom. The maximum Gasteiger partial charge on any atom is 0.422 e. The molecule has 10 heteroatoms.